The van der Waals surface area contributed by atoms with Gasteiger partial charge >= 0.3 is 0 Å². The highest BCUT2D eigenvalue weighted by atomic mass is 35.7. The number of hydrogen-bond acceptors (Lipinski definition) is 8. The SMILES string of the molecule is COc1ccccc1-c1ccc(S(=O)(=O)Cl)s1.COc1ccccc1-c1ccc(S(=O)(=O)Cl)s1. The molecule has 0 unspecified atom stereocenters. The zero-order valence-corrected chi connectivity index (χ0v) is 22.5. The van der Waals surface area contributed by atoms with Crippen molar-refractivity contribution in [3.05, 3.63) is 72.8 Å². The molecular formula is C22H18Cl2O6S4. The highest BCUT2D eigenvalue weighted by Crippen LogP contribution is 2.38. The Balaban J connectivity index is 0.000000191. The maximum absolute atomic E-state index is 11.2. The van der Waals surface area contributed by atoms with E-state index in [0.717, 1.165) is 43.6 Å². The van der Waals surface area contributed by atoms with Crippen LogP contribution in [0.2, 0.25) is 0 Å². The molecule has 0 N–H and O–H groups in total. The van der Waals surface area contributed by atoms with Crippen LogP contribution in [0.15, 0.2) is 81.2 Å². The molecule has 2 heterocycles. The Morgan fingerprint density at radius 1 is 0.588 bits per heavy atom. The summed E-state index contributed by atoms with van der Waals surface area (Å²) in [5, 5.41) is 0. The van der Waals surface area contributed by atoms with Crippen molar-refractivity contribution in [3.63, 3.8) is 0 Å². The minimum atomic E-state index is -3.66. The third-order valence-electron chi connectivity index (χ3n) is 4.39. The van der Waals surface area contributed by atoms with Gasteiger partial charge in [0.2, 0.25) is 0 Å². The number of rotatable bonds is 6. The lowest BCUT2D eigenvalue weighted by atomic mass is 10.2. The molecule has 4 rings (SSSR count). The monoisotopic (exact) mass is 576 g/mol. The van der Waals surface area contributed by atoms with Crippen molar-refractivity contribution in [2.75, 3.05) is 14.2 Å². The van der Waals surface area contributed by atoms with E-state index in [1.54, 1.807) is 26.4 Å². The lowest BCUT2D eigenvalue weighted by Crippen LogP contribution is -1.85. The molecule has 0 aliphatic carbocycles. The first-order valence-electron chi connectivity index (χ1n) is 9.40. The summed E-state index contributed by atoms with van der Waals surface area (Å²) in [5.74, 6) is 1.40. The molecule has 0 aliphatic rings. The van der Waals surface area contributed by atoms with Gasteiger partial charge in [0.25, 0.3) is 18.1 Å². The molecular weight excluding hydrogens is 559 g/mol. The van der Waals surface area contributed by atoms with E-state index < -0.39 is 18.1 Å². The van der Waals surface area contributed by atoms with E-state index in [4.69, 9.17) is 30.8 Å². The summed E-state index contributed by atoms with van der Waals surface area (Å²) in [6.07, 6.45) is 0. The fraction of sp³-hybridized carbons (Fsp3) is 0.0909. The summed E-state index contributed by atoms with van der Waals surface area (Å²) < 4.78 is 55.4. The Morgan fingerprint density at radius 2 is 0.941 bits per heavy atom. The number of thiophene rings is 2. The average Bonchev–Trinajstić information content (AvgIpc) is 3.49. The Hall–Kier alpha value is -2.08. The van der Waals surface area contributed by atoms with Crippen molar-refractivity contribution < 1.29 is 26.3 Å². The molecule has 0 saturated carbocycles. The third-order valence-corrected chi connectivity index (χ3v) is 10.8. The fourth-order valence-electron chi connectivity index (χ4n) is 2.89. The minimum absolute atomic E-state index is 0.139. The van der Waals surface area contributed by atoms with E-state index in [1.165, 1.54) is 12.1 Å². The first-order valence-corrected chi connectivity index (χ1v) is 15.7. The number of methoxy groups -OCH3 is 2. The van der Waals surface area contributed by atoms with Crippen LogP contribution in [-0.2, 0) is 18.1 Å². The number of hydrogen-bond donors (Lipinski definition) is 0. The van der Waals surface area contributed by atoms with Crippen LogP contribution >= 0.6 is 44.0 Å². The van der Waals surface area contributed by atoms with Crippen LogP contribution in [0.1, 0.15) is 0 Å². The van der Waals surface area contributed by atoms with Crippen LogP contribution in [0, 0.1) is 0 Å². The zero-order chi connectivity index (χ0) is 24.9. The predicted molar refractivity (Wildman–Crippen MR) is 139 cm³/mol. The standard InChI is InChI=1S/2C11H9ClO3S2/c2*1-15-9-5-3-2-4-8(9)10-6-7-11(16-10)17(12,13)14/h2*2-7H,1H3. The fourth-order valence-corrected chi connectivity index (χ4v) is 7.10. The van der Waals surface area contributed by atoms with Crippen LogP contribution in [0.3, 0.4) is 0 Å². The molecule has 12 heteroatoms. The molecule has 6 nitrogen and oxygen atoms in total. The normalized spacial score (nSPS) is 11.4. The van der Waals surface area contributed by atoms with Gasteiger partial charge in [0.15, 0.2) is 0 Å². The van der Waals surface area contributed by atoms with Crippen molar-refractivity contribution in [1.82, 2.24) is 0 Å². The maximum atomic E-state index is 11.2. The summed E-state index contributed by atoms with van der Waals surface area (Å²) >= 11 is 2.25. The third kappa shape index (κ3) is 6.53. The van der Waals surface area contributed by atoms with Gasteiger partial charge < -0.3 is 9.47 Å². The molecule has 2 aromatic carbocycles. The lowest BCUT2D eigenvalue weighted by molar-refractivity contribution is 0.416. The molecule has 0 radical (unpaired) electrons. The highest BCUT2D eigenvalue weighted by Gasteiger charge is 2.16. The molecule has 4 aromatic rings. The van der Waals surface area contributed by atoms with Gasteiger partial charge in [0.05, 0.1) is 14.2 Å². The van der Waals surface area contributed by atoms with Gasteiger partial charge in [-0.15, -0.1) is 22.7 Å². The number of ether oxygens (including phenoxy) is 2. The molecule has 180 valence electrons. The number of para-hydroxylation sites is 2. The zero-order valence-electron chi connectivity index (χ0n) is 17.8. The smallest absolute Gasteiger partial charge is 0.270 e. The van der Waals surface area contributed by atoms with E-state index in [9.17, 15) is 16.8 Å². The Kier molecular flexibility index (Phi) is 8.66. The van der Waals surface area contributed by atoms with Crippen LogP contribution in [0.4, 0.5) is 0 Å². The summed E-state index contributed by atoms with van der Waals surface area (Å²) in [7, 11) is 6.40. The van der Waals surface area contributed by atoms with Crippen LogP contribution in [0.5, 0.6) is 11.5 Å². The van der Waals surface area contributed by atoms with Gasteiger partial charge in [-0.3, -0.25) is 0 Å². The van der Waals surface area contributed by atoms with Gasteiger partial charge in [0, 0.05) is 42.2 Å². The first-order chi connectivity index (χ1) is 16.0. The molecule has 0 bridgehead atoms. The molecule has 0 saturated heterocycles. The predicted octanol–water partition coefficient (Wildman–Crippen LogP) is 6.70. The van der Waals surface area contributed by atoms with E-state index >= 15 is 0 Å². The largest absolute Gasteiger partial charge is 0.496 e. The quantitative estimate of drug-likeness (QED) is 0.237. The molecule has 34 heavy (non-hydrogen) atoms. The first kappa shape index (κ1) is 26.5. The molecule has 0 spiro atoms. The lowest BCUT2D eigenvalue weighted by Gasteiger charge is -2.05. The molecule has 0 fully saturated rings. The second-order valence-corrected chi connectivity index (χ2v) is 14.3. The van der Waals surface area contributed by atoms with E-state index in [-0.39, 0.29) is 8.42 Å². The van der Waals surface area contributed by atoms with E-state index in [2.05, 4.69) is 0 Å². The maximum Gasteiger partial charge on any atom is 0.270 e. The second kappa shape index (κ2) is 11.1. The Bertz CT molecular complexity index is 1380. The topological polar surface area (TPSA) is 86.7 Å². The van der Waals surface area contributed by atoms with Gasteiger partial charge in [-0.25, -0.2) is 16.8 Å². The van der Waals surface area contributed by atoms with Crippen molar-refractivity contribution in [2.24, 2.45) is 0 Å². The Morgan fingerprint density at radius 3 is 1.24 bits per heavy atom. The van der Waals surface area contributed by atoms with Crippen LogP contribution in [0.25, 0.3) is 20.9 Å². The summed E-state index contributed by atoms with van der Waals surface area (Å²) in [5.41, 5.74) is 1.71. The van der Waals surface area contributed by atoms with Crippen molar-refractivity contribution in [3.8, 4) is 32.4 Å². The molecule has 0 amide bonds. The Labute approximate surface area is 215 Å². The van der Waals surface area contributed by atoms with Crippen molar-refractivity contribution in [2.45, 2.75) is 8.42 Å². The molecule has 0 aliphatic heterocycles. The van der Waals surface area contributed by atoms with Gasteiger partial charge in [-0.2, -0.15) is 0 Å². The summed E-state index contributed by atoms with van der Waals surface area (Å²) in [6.45, 7) is 0. The molecule has 0 atom stereocenters. The average molecular weight is 578 g/mol. The van der Waals surface area contributed by atoms with Crippen molar-refractivity contribution >= 4 is 62.1 Å². The highest BCUT2D eigenvalue weighted by molar-refractivity contribution is 8.15. The number of benzene rings is 2. The van der Waals surface area contributed by atoms with Gasteiger partial charge in [-0.05, 0) is 48.5 Å². The summed E-state index contributed by atoms with van der Waals surface area (Å²) in [4.78, 5) is 1.61. The van der Waals surface area contributed by atoms with Crippen molar-refractivity contribution in [1.29, 1.82) is 0 Å². The second-order valence-electron chi connectivity index (χ2n) is 6.51. The van der Waals surface area contributed by atoms with Gasteiger partial charge in [0.1, 0.15) is 19.9 Å². The van der Waals surface area contributed by atoms with E-state index in [0.29, 0.717) is 11.5 Å². The van der Waals surface area contributed by atoms with Gasteiger partial charge in [-0.1, -0.05) is 24.3 Å². The molecule has 2 aromatic heterocycles. The number of halogens is 2. The van der Waals surface area contributed by atoms with Crippen LogP contribution in [-0.4, -0.2) is 31.1 Å². The van der Waals surface area contributed by atoms with Crippen LogP contribution < -0.4 is 9.47 Å². The summed E-state index contributed by atoms with van der Waals surface area (Å²) in [6, 6.07) is 21.3. The van der Waals surface area contributed by atoms with E-state index in [1.807, 2.05) is 48.5 Å². The minimum Gasteiger partial charge on any atom is -0.496 e.